The van der Waals surface area contributed by atoms with Crippen molar-refractivity contribution in [1.29, 1.82) is 0 Å². The first-order valence-corrected chi connectivity index (χ1v) is 9.45. The normalized spacial score (nSPS) is 22.1. The Bertz CT molecular complexity index is 657. The molecule has 0 saturated carbocycles. The van der Waals surface area contributed by atoms with Crippen molar-refractivity contribution in [1.82, 2.24) is 4.90 Å². The second-order valence-corrected chi connectivity index (χ2v) is 8.49. The average Bonchev–Trinajstić information content (AvgIpc) is 2.58. The maximum absolute atomic E-state index is 10.5. The minimum atomic E-state index is -0.186. The van der Waals surface area contributed by atoms with Gasteiger partial charge in [-0.25, -0.2) is 0 Å². The third-order valence-corrected chi connectivity index (χ3v) is 5.34. The predicted octanol–water partition coefficient (Wildman–Crippen LogP) is 4.41. The third-order valence-electron chi connectivity index (χ3n) is 5.34. The van der Waals surface area contributed by atoms with Gasteiger partial charge in [-0.15, -0.1) is 0 Å². The lowest BCUT2D eigenvalue weighted by atomic mass is 9.84. The van der Waals surface area contributed by atoms with Gasteiger partial charge in [-0.3, -0.25) is 4.90 Å². The Kier molecular flexibility index (Phi) is 5.61. The number of aliphatic hydroxyl groups is 1. The summed E-state index contributed by atoms with van der Waals surface area (Å²) in [5.41, 5.74) is 4.24. The minimum absolute atomic E-state index is 0.186. The number of aliphatic hydroxyl groups excluding tert-OH is 1. The van der Waals surface area contributed by atoms with Crippen molar-refractivity contribution in [2.45, 2.75) is 51.7 Å². The second-order valence-electron chi connectivity index (χ2n) is 8.49. The molecule has 0 amide bonds. The summed E-state index contributed by atoms with van der Waals surface area (Å²) in [5, 5.41) is 10.5. The van der Waals surface area contributed by atoms with Crippen molar-refractivity contribution in [2.75, 3.05) is 13.1 Å². The molecule has 0 aliphatic carbocycles. The van der Waals surface area contributed by atoms with E-state index in [0.29, 0.717) is 5.92 Å². The van der Waals surface area contributed by atoms with E-state index in [4.69, 9.17) is 0 Å². The van der Waals surface area contributed by atoms with E-state index in [2.05, 4.69) is 80.3 Å². The maximum Gasteiger partial charge on any atom is 0.0596 e. The summed E-state index contributed by atoms with van der Waals surface area (Å²) in [4.78, 5) is 2.48. The van der Waals surface area contributed by atoms with Crippen molar-refractivity contribution >= 4 is 0 Å². The maximum atomic E-state index is 10.5. The third kappa shape index (κ3) is 4.93. The van der Waals surface area contributed by atoms with Crippen LogP contribution in [0.1, 0.15) is 43.9 Å². The van der Waals surface area contributed by atoms with Gasteiger partial charge >= 0.3 is 0 Å². The van der Waals surface area contributed by atoms with Crippen molar-refractivity contribution in [3.05, 3.63) is 71.3 Å². The van der Waals surface area contributed by atoms with Crippen molar-refractivity contribution in [3.8, 4) is 0 Å². The zero-order valence-corrected chi connectivity index (χ0v) is 15.8. The molecule has 1 saturated heterocycles. The zero-order chi connectivity index (χ0) is 17.9. The standard InChI is InChI=1S/C23H31NO/c1-23(2,3)21-11-9-18(10-12-21)15-20-17-24(14-13-22(20)25)16-19-7-5-4-6-8-19/h4-12,20,22,25H,13-17H2,1-3H3. The zero-order valence-electron chi connectivity index (χ0n) is 15.8. The smallest absolute Gasteiger partial charge is 0.0596 e. The molecule has 134 valence electrons. The van der Waals surface area contributed by atoms with Crippen LogP contribution in [0, 0.1) is 5.92 Å². The van der Waals surface area contributed by atoms with E-state index in [1.807, 2.05) is 0 Å². The molecule has 0 radical (unpaired) electrons. The molecule has 1 aliphatic heterocycles. The van der Waals surface area contributed by atoms with E-state index in [1.54, 1.807) is 0 Å². The topological polar surface area (TPSA) is 23.5 Å². The number of benzene rings is 2. The van der Waals surface area contributed by atoms with E-state index >= 15 is 0 Å². The highest BCUT2D eigenvalue weighted by molar-refractivity contribution is 5.28. The number of hydrogen-bond donors (Lipinski definition) is 1. The molecule has 1 N–H and O–H groups in total. The first kappa shape index (κ1) is 18.2. The number of likely N-dealkylation sites (tertiary alicyclic amines) is 1. The number of hydrogen-bond acceptors (Lipinski definition) is 2. The molecule has 2 aromatic rings. The fourth-order valence-electron chi connectivity index (χ4n) is 3.72. The van der Waals surface area contributed by atoms with Crippen molar-refractivity contribution < 1.29 is 5.11 Å². The van der Waals surface area contributed by atoms with Crippen LogP contribution in [0.25, 0.3) is 0 Å². The lowest BCUT2D eigenvalue weighted by Crippen LogP contribution is -2.43. The number of nitrogens with zero attached hydrogens (tertiary/aromatic N) is 1. The lowest BCUT2D eigenvalue weighted by molar-refractivity contribution is 0.0239. The summed E-state index contributed by atoms with van der Waals surface area (Å²) in [6.07, 6.45) is 1.64. The van der Waals surface area contributed by atoms with Crippen LogP contribution in [0.5, 0.6) is 0 Å². The summed E-state index contributed by atoms with van der Waals surface area (Å²) in [6.45, 7) is 9.66. The van der Waals surface area contributed by atoms with E-state index in [-0.39, 0.29) is 11.5 Å². The van der Waals surface area contributed by atoms with Gasteiger partial charge in [-0.1, -0.05) is 75.4 Å². The lowest BCUT2D eigenvalue weighted by Gasteiger charge is -2.36. The Balaban J connectivity index is 1.62. The fraction of sp³-hybridized carbons (Fsp3) is 0.478. The Morgan fingerprint density at radius 2 is 1.64 bits per heavy atom. The van der Waals surface area contributed by atoms with E-state index in [1.165, 1.54) is 16.7 Å². The summed E-state index contributed by atoms with van der Waals surface area (Å²) < 4.78 is 0. The highest BCUT2D eigenvalue weighted by Crippen LogP contribution is 2.26. The van der Waals surface area contributed by atoms with Crippen LogP contribution in [0.2, 0.25) is 0 Å². The summed E-state index contributed by atoms with van der Waals surface area (Å²) >= 11 is 0. The molecule has 1 aliphatic rings. The Morgan fingerprint density at radius 3 is 2.28 bits per heavy atom. The van der Waals surface area contributed by atoms with Gasteiger partial charge in [0.25, 0.3) is 0 Å². The van der Waals surface area contributed by atoms with Crippen LogP contribution in [0.4, 0.5) is 0 Å². The molecule has 2 nitrogen and oxygen atoms in total. The average molecular weight is 338 g/mol. The van der Waals surface area contributed by atoms with Crippen LogP contribution in [0.3, 0.4) is 0 Å². The molecule has 2 atom stereocenters. The Morgan fingerprint density at radius 1 is 0.960 bits per heavy atom. The van der Waals surface area contributed by atoms with Gasteiger partial charge in [-0.05, 0) is 34.9 Å². The molecular weight excluding hydrogens is 306 g/mol. The molecule has 0 aromatic heterocycles. The van der Waals surface area contributed by atoms with Crippen LogP contribution in [0.15, 0.2) is 54.6 Å². The van der Waals surface area contributed by atoms with Gasteiger partial charge in [0.05, 0.1) is 6.10 Å². The largest absolute Gasteiger partial charge is 0.393 e. The molecule has 2 unspecified atom stereocenters. The van der Waals surface area contributed by atoms with Gasteiger partial charge in [-0.2, -0.15) is 0 Å². The van der Waals surface area contributed by atoms with Gasteiger partial charge in [0, 0.05) is 25.6 Å². The van der Waals surface area contributed by atoms with E-state index in [9.17, 15) is 5.11 Å². The van der Waals surface area contributed by atoms with Gasteiger partial charge in [0.1, 0.15) is 0 Å². The molecule has 1 heterocycles. The van der Waals surface area contributed by atoms with Gasteiger partial charge in [0.15, 0.2) is 0 Å². The molecule has 2 aromatic carbocycles. The predicted molar refractivity (Wildman–Crippen MR) is 105 cm³/mol. The van der Waals surface area contributed by atoms with E-state index in [0.717, 1.165) is 32.5 Å². The summed E-state index contributed by atoms with van der Waals surface area (Å²) in [6, 6.07) is 19.6. The quantitative estimate of drug-likeness (QED) is 0.893. The highest BCUT2D eigenvalue weighted by atomic mass is 16.3. The second kappa shape index (κ2) is 7.72. The van der Waals surface area contributed by atoms with Gasteiger partial charge < -0.3 is 5.11 Å². The number of rotatable bonds is 4. The molecule has 0 spiro atoms. The SMILES string of the molecule is CC(C)(C)c1ccc(CC2CN(Cc3ccccc3)CCC2O)cc1. The van der Waals surface area contributed by atoms with Crippen LogP contribution < -0.4 is 0 Å². The van der Waals surface area contributed by atoms with Crippen LogP contribution in [-0.2, 0) is 18.4 Å². The molecule has 0 bridgehead atoms. The van der Waals surface area contributed by atoms with Gasteiger partial charge in [0.2, 0.25) is 0 Å². The van der Waals surface area contributed by atoms with Crippen LogP contribution >= 0.6 is 0 Å². The van der Waals surface area contributed by atoms with Crippen molar-refractivity contribution in [2.24, 2.45) is 5.92 Å². The van der Waals surface area contributed by atoms with Crippen molar-refractivity contribution in [3.63, 3.8) is 0 Å². The highest BCUT2D eigenvalue weighted by Gasteiger charge is 2.28. The van der Waals surface area contributed by atoms with E-state index < -0.39 is 0 Å². The number of piperidine rings is 1. The fourth-order valence-corrected chi connectivity index (χ4v) is 3.72. The van der Waals surface area contributed by atoms with Crippen LogP contribution in [-0.4, -0.2) is 29.2 Å². The molecule has 3 rings (SSSR count). The summed E-state index contributed by atoms with van der Waals surface area (Å²) in [7, 11) is 0. The Hall–Kier alpha value is -1.64. The molecular formula is C23H31NO. The first-order valence-electron chi connectivity index (χ1n) is 9.45. The molecule has 2 heteroatoms. The molecule has 1 fully saturated rings. The Labute approximate surface area is 152 Å². The molecule has 25 heavy (non-hydrogen) atoms. The monoisotopic (exact) mass is 337 g/mol. The summed E-state index contributed by atoms with van der Waals surface area (Å²) in [5.74, 6) is 0.318. The minimum Gasteiger partial charge on any atom is -0.393 e. The first-order chi connectivity index (χ1) is 11.9.